The fourth-order valence-corrected chi connectivity index (χ4v) is 1.11. The van der Waals surface area contributed by atoms with Gasteiger partial charge in [-0.15, -0.1) is 0 Å². The van der Waals surface area contributed by atoms with Crippen molar-refractivity contribution in [2.45, 2.75) is 20.3 Å². The van der Waals surface area contributed by atoms with Gasteiger partial charge in [-0.1, -0.05) is 13.8 Å². The minimum Gasteiger partial charge on any atom is -0.380 e. The molecule has 0 saturated heterocycles. The predicted molar refractivity (Wildman–Crippen MR) is 70.2 cm³/mol. The van der Waals surface area contributed by atoms with Gasteiger partial charge in [0.2, 0.25) is 0 Å². The molecule has 0 atom stereocenters. The van der Waals surface area contributed by atoms with E-state index in [0.29, 0.717) is 12.5 Å². The van der Waals surface area contributed by atoms with Crippen molar-refractivity contribution in [1.82, 2.24) is 15.5 Å². The Morgan fingerprint density at radius 1 is 1.18 bits per heavy atom. The second kappa shape index (κ2) is 10.4. The first-order valence-electron chi connectivity index (χ1n) is 6.27. The van der Waals surface area contributed by atoms with Crippen molar-refractivity contribution < 1.29 is 9.53 Å². The van der Waals surface area contributed by atoms with Gasteiger partial charge < -0.3 is 20.3 Å². The fraction of sp³-hybridized carbons (Fsp3) is 0.917. The monoisotopic (exact) mass is 245 g/mol. The Hall–Kier alpha value is -0.810. The smallest absolute Gasteiger partial charge is 0.316 e. The maximum absolute atomic E-state index is 11.1. The highest BCUT2D eigenvalue weighted by atomic mass is 16.5. The van der Waals surface area contributed by atoms with Crippen molar-refractivity contribution in [2.75, 3.05) is 46.9 Å². The molecule has 0 spiro atoms. The predicted octanol–water partition coefficient (Wildman–Crippen LogP) is 0.910. The molecule has 2 amide bonds. The molecule has 102 valence electrons. The number of carbonyl (C=O) groups is 1. The average molecular weight is 245 g/mol. The van der Waals surface area contributed by atoms with Gasteiger partial charge in [-0.3, -0.25) is 0 Å². The van der Waals surface area contributed by atoms with E-state index in [9.17, 15) is 4.79 Å². The Bertz CT molecular complexity index is 196. The SMILES string of the molecule is CC(C)CCOCCNCCNC(=O)N(C)C. The Balaban J connectivity index is 3.11. The van der Waals surface area contributed by atoms with E-state index in [-0.39, 0.29) is 6.03 Å². The molecule has 5 heteroatoms. The first-order chi connectivity index (χ1) is 8.04. The number of ether oxygens (including phenoxy) is 1. The van der Waals surface area contributed by atoms with Crippen molar-refractivity contribution in [3.63, 3.8) is 0 Å². The summed E-state index contributed by atoms with van der Waals surface area (Å²) < 4.78 is 5.45. The summed E-state index contributed by atoms with van der Waals surface area (Å²) in [5.74, 6) is 0.698. The number of urea groups is 1. The zero-order valence-corrected chi connectivity index (χ0v) is 11.6. The van der Waals surface area contributed by atoms with Gasteiger partial charge in [0.25, 0.3) is 0 Å². The lowest BCUT2D eigenvalue weighted by molar-refractivity contribution is 0.125. The van der Waals surface area contributed by atoms with E-state index in [4.69, 9.17) is 4.74 Å². The van der Waals surface area contributed by atoms with Crippen molar-refractivity contribution >= 4 is 6.03 Å². The fourth-order valence-electron chi connectivity index (χ4n) is 1.11. The average Bonchev–Trinajstić information content (AvgIpc) is 2.25. The molecule has 0 radical (unpaired) electrons. The van der Waals surface area contributed by atoms with Gasteiger partial charge in [-0.25, -0.2) is 4.79 Å². The van der Waals surface area contributed by atoms with Crippen molar-refractivity contribution in [3.8, 4) is 0 Å². The molecule has 0 saturated carbocycles. The maximum atomic E-state index is 11.1. The summed E-state index contributed by atoms with van der Waals surface area (Å²) >= 11 is 0. The Labute approximate surface area is 105 Å². The third-order valence-electron chi connectivity index (χ3n) is 2.25. The molecule has 0 aromatic carbocycles. The van der Waals surface area contributed by atoms with Gasteiger partial charge in [-0.2, -0.15) is 0 Å². The van der Waals surface area contributed by atoms with Crippen LogP contribution in [0.3, 0.4) is 0 Å². The number of carbonyl (C=O) groups excluding carboxylic acids is 1. The van der Waals surface area contributed by atoms with E-state index < -0.39 is 0 Å². The highest BCUT2D eigenvalue weighted by Crippen LogP contribution is 1.97. The summed E-state index contributed by atoms with van der Waals surface area (Å²) in [7, 11) is 3.46. The number of hydrogen-bond donors (Lipinski definition) is 2. The summed E-state index contributed by atoms with van der Waals surface area (Å²) in [6.45, 7) is 8.18. The second-order valence-electron chi connectivity index (χ2n) is 4.67. The van der Waals surface area contributed by atoms with Gasteiger partial charge in [-0.05, 0) is 12.3 Å². The van der Waals surface area contributed by atoms with E-state index >= 15 is 0 Å². The van der Waals surface area contributed by atoms with Crippen LogP contribution in [0.2, 0.25) is 0 Å². The minimum absolute atomic E-state index is 0.0556. The second-order valence-corrected chi connectivity index (χ2v) is 4.67. The summed E-state index contributed by atoms with van der Waals surface area (Å²) in [6, 6.07) is -0.0556. The normalized spacial score (nSPS) is 10.6. The lowest BCUT2D eigenvalue weighted by Crippen LogP contribution is -2.38. The molecule has 0 aromatic rings. The summed E-state index contributed by atoms with van der Waals surface area (Å²) in [6.07, 6.45) is 1.11. The van der Waals surface area contributed by atoms with Crippen LogP contribution in [-0.4, -0.2) is 57.9 Å². The molecular formula is C12H27N3O2. The topological polar surface area (TPSA) is 53.6 Å². The molecule has 5 nitrogen and oxygen atoms in total. The largest absolute Gasteiger partial charge is 0.380 e. The quantitative estimate of drug-likeness (QED) is 0.594. The Morgan fingerprint density at radius 3 is 2.47 bits per heavy atom. The molecule has 0 aromatic heterocycles. The van der Waals surface area contributed by atoms with Crippen LogP contribution in [0.4, 0.5) is 4.79 Å². The summed E-state index contributed by atoms with van der Waals surface area (Å²) in [5, 5.41) is 5.99. The van der Waals surface area contributed by atoms with Gasteiger partial charge in [0.15, 0.2) is 0 Å². The maximum Gasteiger partial charge on any atom is 0.316 e. The van der Waals surface area contributed by atoms with E-state index in [1.807, 2.05) is 0 Å². The first-order valence-corrected chi connectivity index (χ1v) is 6.27. The van der Waals surface area contributed by atoms with Crippen LogP contribution in [0.25, 0.3) is 0 Å². The lowest BCUT2D eigenvalue weighted by atomic mass is 10.1. The molecule has 0 heterocycles. The van der Waals surface area contributed by atoms with Crippen LogP contribution in [0.15, 0.2) is 0 Å². The van der Waals surface area contributed by atoms with Gasteiger partial charge >= 0.3 is 6.03 Å². The molecule has 0 unspecified atom stereocenters. The number of hydrogen-bond acceptors (Lipinski definition) is 3. The molecule has 0 fully saturated rings. The molecule has 17 heavy (non-hydrogen) atoms. The molecule has 0 bridgehead atoms. The van der Waals surface area contributed by atoms with Gasteiger partial charge in [0, 0.05) is 40.3 Å². The van der Waals surface area contributed by atoms with Crippen molar-refractivity contribution in [2.24, 2.45) is 5.92 Å². The molecule has 0 aliphatic rings. The molecule has 0 rings (SSSR count). The Kier molecular flexibility index (Phi) is 9.86. The van der Waals surface area contributed by atoms with Crippen LogP contribution in [0.1, 0.15) is 20.3 Å². The lowest BCUT2D eigenvalue weighted by Gasteiger charge is -2.12. The van der Waals surface area contributed by atoms with Crippen LogP contribution in [-0.2, 0) is 4.74 Å². The minimum atomic E-state index is -0.0556. The number of amides is 2. The third kappa shape index (κ3) is 11.5. The van der Waals surface area contributed by atoms with Gasteiger partial charge in [0.05, 0.1) is 6.61 Å². The third-order valence-corrected chi connectivity index (χ3v) is 2.25. The molecule has 0 aliphatic heterocycles. The number of rotatable bonds is 9. The molecule has 2 N–H and O–H groups in total. The zero-order chi connectivity index (χ0) is 13.1. The molecular weight excluding hydrogens is 218 g/mol. The highest BCUT2D eigenvalue weighted by molar-refractivity contribution is 5.73. The van der Waals surface area contributed by atoms with Crippen molar-refractivity contribution in [1.29, 1.82) is 0 Å². The molecule has 0 aliphatic carbocycles. The highest BCUT2D eigenvalue weighted by Gasteiger charge is 2.00. The first kappa shape index (κ1) is 16.2. The van der Waals surface area contributed by atoms with Crippen LogP contribution >= 0.6 is 0 Å². The van der Waals surface area contributed by atoms with Crippen molar-refractivity contribution in [3.05, 3.63) is 0 Å². The van der Waals surface area contributed by atoms with Crippen LogP contribution in [0, 0.1) is 5.92 Å². The number of nitrogens with one attached hydrogen (secondary N) is 2. The Morgan fingerprint density at radius 2 is 1.88 bits per heavy atom. The van der Waals surface area contributed by atoms with E-state index in [2.05, 4.69) is 24.5 Å². The van der Waals surface area contributed by atoms with E-state index in [0.717, 1.165) is 32.7 Å². The zero-order valence-electron chi connectivity index (χ0n) is 11.6. The summed E-state index contributed by atoms with van der Waals surface area (Å²) in [5.41, 5.74) is 0. The van der Waals surface area contributed by atoms with Crippen LogP contribution < -0.4 is 10.6 Å². The standard InChI is InChI=1S/C12H27N3O2/c1-11(2)5-9-17-10-8-13-6-7-14-12(16)15(3)4/h11,13H,5-10H2,1-4H3,(H,14,16). The number of nitrogens with zero attached hydrogens (tertiary/aromatic N) is 1. The summed E-state index contributed by atoms with van der Waals surface area (Å²) in [4.78, 5) is 12.7. The van der Waals surface area contributed by atoms with E-state index in [1.54, 1.807) is 14.1 Å². The van der Waals surface area contributed by atoms with Gasteiger partial charge in [0.1, 0.15) is 0 Å². The van der Waals surface area contributed by atoms with E-state index in [1.165, 1.54) is 4.90 Å². The van der Waals surface area contributed by atoms with Crippen LogP contribution in [0.5, 0.6) is 0 Å².